The minimum Gasteiger partial charge on any atom is -0.378 e. The number of carbonyl (C=O) groups excluding carboxylic acids is 3. The molecule has 3 fully saturated rings. The zero-order valence-corrected chi connectivity index (χ0v) is 19.2. The second-order valence-electron chi connectivity index (χ2n) is 9.44. The average molecular weight is 442 g/mol. The van der Waals surface area contributed by atoms with Gasteiger partial charge >= 0.3 is 0 Å². The molecule has 0 bridgehead atoms. The Bertz CT molecular complexity index is 835. The van der Waals surface area contributed by atoms with Gasteiger partial charge in [-0.25, -0.2) is 0 Å². The number of rotatable bonds is 6. The topological polar surface area (TPSA) is 85.0 Å². The molecule has 8 nitrogen and oxygen atoms in total. The Hall–Kier alpha value is -2.61. The lowest BCUT2D eigenvalue weighted by atomic mass is 10.0. The summed E-state index contributed by atoms with van der Waals surface area (Å²) < 4.78 is 0. The summed E-state index contributed by atoms with van der Waals surface area (Å²) in [6.07, 6.45) is 5.25. The van der Waals surface area contributed by atoms with Crippen LogP contribution in [0, 0.1) is 0 Å². The fourth-order valence-corrected chi connectivity index (χ4v) is 5.12. The van der Waals surface area contributed by atoms with Crippen LogP contribution in [-0.4, -0.2) is 85.9 Å². The van der Waals surface area contributed by atoms with Crippen molar-refractivity contribution < 1.29 is 14.4 Å². The molecular weight excluding hydrogens is 406 g/mol. The second-order valence-corrected chi connectivity index (χ2v) is 9.44. The van der Waals surface area contributed by atoms with Gasteiger partial charge < -0.3 is 20.4 Å². The van der Waals surface area contributed by atoms with Gasteiger partial charge in [0.15, 0.2) is 0 Å². The van der Waals surface area contributed by atoms with Crippen molar-refractivity contribution in [1.82, 2.24) is 20.4 Å². The Balaban J connectivity index is 1.33. The molecule has 0 aliphatic carbocycles. The highest BCUT2D eigenvalue weighted by molar-refractivity contribution is 5.95. The Morgan fingerprint density at radius 3 is 2.53 bits per heavy atom. The molecule has 0 spiro atoms. The van der Waals surface area contributed by atoms with E-state index in [1.54, 1.807) is 0 Å². The van der Waals surface area contributed by atoms with Gasteiger partial charge in [0.25, 0.3) is 5.91 Å². The van der Waals surface area contributed by atoms with Crippen LogP contribution in [0.2, 0.25) is 0 Å². The predicted octanol–water partition coefficient (Wildman–Crippen LogP) is 1.22. The monoisotopic (exact) mass is 441 g/mol. The van der Waals surface area contributed by atoms with Crippen molar-refractivity contribution in [2.75, 3.05) is 45.2 Å². The van der Waals surface area contributed by atoms with Crippen molar-refractivity contribution >= 4 is 23.4 Å². The van der Waals surface area contributed by atoms with Crippen molar-refractivity contribution in [3.8, 4) is 0 Å². The Labute approximate surface area is 190 Å². The Morgan fingerprint density at radius 2 is 1.84 bits per heavy atom. The van der Waals surface area contributed by atoms with Crippen LogP contribution in [0.1, 0.15) is 48.9 Å². The first-order valence-electron chi connectivity index (χ1n) is 11.8. The fourth-order valence-electron chi connectivity index (χ4n) is 5.12. The van der Waals surface area contributed by atoms with E-state index in [-0.39, 0.29) is 35.8 Å². The highest BCUT2D eigenvalue weighted by Crippen LogP contribution is 2.26. The maximum Gasteiger partial charge on any atom is 0.251 e. The largest absolute Gasteiger partial charge is 0.378 e. The summed E-state index contributed by atoms with van der Waals surface area (Å²) in [5, 5.41) is 6.11. The summed E-state index contributed by atoms with van der Waals surface area (Å²) in [6.45, 7) is 2.95. The highest BCUT2D eigenvalue weighted by atomic mass is 16.2. The van der Waals surface area contributed by atoms with Gasteiger partial charge in [0.1, 0.15) is 0 Å². The van der Waals surface area contributed by atoms with Crippen molar-refractivity contribution in [2.24, 2.45) is 0 Å². The van der Waals surface area contributed by atoms with E-state index in [0.29, 0.717) is 31.5 Å². The van der Waals surface area contributed by atoms with Crippen molar-refractivity contribution in [3.05, 3.63) is 29.8 Å². The molecular formula is C24H35N5O3. The second kappa shape index (κ2) is 9.90. The van der Waals surface area contributed by atoms with Gasteiger partial charge in [0.05, 0.1) is 6.04 Å². The molecule has 3 atom stereocenters. The molecule has 8 heteroatoms. The van der Waals surface area contributed by atoms with Gasteiger partial charge in [-0.05, 0) is 56.4 Å². The number of hydrogen-bond acceptors (Lipinski definition) is 5. The van der Waals surface area contributed by atoms with Gasteiger partial charge in [-0.1, -0.05) is 0 Å². The van der Waals surface area contributed by atoms with E-state index >= 15 is 0 Å². The lowest BCUT2D eigenvalue weighted by molar-refractivity contribution is -0.133. The number of amides is 3. The summed E-state index contributed by atoms with van der Waals surface area (Å²) in [5.74, 6) is 0.136. The molecule has 1 aromatic rings. The standard InChI is InChI=1S/C24H35N5O3/c1-27(2)19-8-6-17(7-9-19)23(31)26-18-14-21-24(32)25-15-20(29(21)16-18)10-11-22(30)28-12-4-3-5-13-28/h6-9,18,20-21H,3-5,10-16H2,1-2H3,(H,25,32)(H,26,31)/t18-,20-,21+/m1/s1. The molecule has 4 rings (SSSR count). The lowest BCUT2D eigenvalue weighted by Gasteiger charge is -2.37. The first-order chi connectivity index (χ1) is 15.4. The summed E-state index contributed by atoms with van der Waals surface area (Å²) >= 11 is 0. The third kappa shape index (κ3) is 5.06. The third-order valence-electron chi connectivity index (χ3n) is 7.00. The molecule has 0 radical (unpaired) electrons. The molecule has 1 aromatic carbocycles. The van der Waals surface area contributed by atoms with Gasteiger partial charge in [0, 0.05) is 70.0 Å². The van der Waals surface area contributed by atoms with Crippen LogP contribution in [0.5, 0.6) is 0 Å². The number of nitrogens with one attached hydrogen (secondary N) is 2. The van der Waals surface area contributed by atoms with E-state index in [1.165, 1.54) is 6.42 Å². The summed E-state index contributed by atoms with van der Waals surface area (Å²) in [4.78, 5) is 44.0. The molecule has 3 aliphatic rings. The number of piperazine rings is 1. The molecule has 3 amide bonds. The van der Waals surface area contributed by atoms with Gasteiger partial charge in [0.2, 0.25) is 11.8 Å². The summed E-state index contributed by atoms with van der Waals surface area (Å²) in [7, 11) is 3.93. The summed E-state index contributed by atoms with van der Waals surface area (Å²) in [5.41, 5.74) is 1.66. The van der Waals surface area contributed by atoms with Crippen LogP contribution in [-0.2, 0) is 9.59 Å². The number of nitrogens with zero attached hydrogens (tertiary/aromatic N) is 3. The highest BCUT2D eigenvalue weighted by Gasteiger charge is 2.43. The molecule has 174 valence electrons. The normalized spacial score (nSPS) is 25.8. The molecule has 2 N–H and O–H groups in total. The molecule has 3 heterocycles. The smallest absolute Gasteiger partial charge is 0.251 e. The van der Waals surface area contributed by atoms with Crippen LogP contribution in [0.15, 0.2) is 24.3 Å². The number of carbonyl (C=O) groups is 3. The lowest BCUT2D eigenvalue weighted by Crippen LogP contribution is -2.58. The molecule has 3 saturated heterocycles. The van der Waals surface area contributed by atoms with E-state index in [4.69, 9.17) is 0 Å². The van der Waals surface area contributed by atoms with E-state index in [1.807, 2.05) is 48.2 Å². The van der Waals surface area contributed by atoms with E-state index < -0.39 is 0 Å². The van der Waals surface area contributed by atoms with Crippen molar-refractivity contribution in [2.45, 2.75) is 56.7 Å². The molecule has 32 heavy (non-hydrogen) atoms. The van der Waals surface area contributed by atoms with Crippen LogP contribution in [0.4, 0.5) is 5.69 Å². The number of benzene rings is 1. The quantitative estimate of drug-likeness (QED) is 0.693. The Kier molecular flexibility index (Phi) is 6.98. The minimum atomic E-state index is -0.236. The van der Waals surface area contributed by atoms with Gasteiger partial charge in [-0.3, -0.25) is 19.3 Å². The molecule has 0 unspecified atom stereocenters. The average Bonchev–Trinajstić information content (AvgIpc) is 3.23. The number of likely N-dealkylation sites (tertiary alicyclic amines) is 1. The zero-order valence-electron chi connectivity index (χ0n) is 19.2. The summed E-state index contributed by atoms with van der Waals surface area (Å²) in [6, 6.07) is 7.33. The van der Waals surface area contributed by atoms with Crippen LogP contribution in [0.25, 0.3) is 0 Å². The maximum absolute atomic E-state index is 12.7. The van der Waals surface area contributed by atoms with Crippen LogP contribution < -0.4 is 15.5 Å². The Morgan fingerprint density at radius 1 is 1.12 bits per heavy atom. The first-order valence-corrected chi connectivity index (χ1v) is 11.8. The third-order valence-corrected chi connectivity index (χ3v) is 7.00. The van der Waals surface area contributed by atoms with E-state index in [0.717, 1.165) is 38.0 Å². The maximum atomic E-state index is 12.7. The zero-order chi connectivity index (χ0) is 22.7. The number of piperidine rings is 1. The minimum absolute atomic E-state index is 0.0238. The van der Waals surface area contributed by atoms with Crippen molar-refractivity contribution in [3.63, 3.8) is 0 Å². The molecule has 0 saturated carbocycles. The fraction of sp³-hybridized carbons (Fsp3) is 0.625. The number of fused-ring (bicyclic) bond motifs is 1. The van der Waals surface area contributed by atoms with E-state index in [2.05, 4.69) is 15.5 Å². The number of anilines is 1. The first kappa shape index (κ1) is 22.6. The van der Waals surface area contributed by atoms with Crippen LogP contribution in [0.3, 0.4) is 0 Å². The van der Waals surface area contributed by atoms with Crippen molar-refractivity contribution in [1.29, 1.82) is 0 Å². The van der Waals surface area contributed by atoms with Crippen LogP contribution >= 0.6 is 0 Å². The SMILES string of the molecule is CN(C)c1ccc(C(=O)N[C@@H]2C[C@H]3C(=O)NC[C@@H](CCC(=O)N4CCCCC4)N3C2)cc1. The van der Waals surface area contributed by atoms with Gasteiger partial charge in [-0.15, -0.1) is 0 Å². The molecule has 3 aliphatic heterocycles. The van der Waals surface area contributed by atoms with E-state index in [9.17, 15) is 14.4 Å². The van der Waals surface area contributed by atoms with Gasteiger partial charge in [-0.2, -0.15) is 0 Å². The molecule has 0 aromatic heterocycles. The predicted molar refractivity (Wildman–Crippen MR) is 124 cm³/mol. The number of hydrogen-bond donors (Lipinski definition) is 2.